The second-order valence-corrected chi connectivity index (χ2v) is 9.46. The number of carbonyl (C=O) groups excluding carboxylic acids is 2. The number of benzene rings is 2. The molecule has 2 atom stereocenters. The minimum absolute atomic E-state index is 0.0162. The van der Waals surface area contributed by atoms with E-state index in [4.69, 9.17) is 4.74 Å². The number of hydrogen-bond donors (Lipinski definition) is 2. The van der Waals surface area contributed by atoms with Gasteiger partial charge in [-0.25, -0.2) is 9.59 Å². The lowest BCUT2D eigenvalue weighted by molar-refractivity contribution is -0.152. The van der Waals surface area contributed by atoms with E-state index in [2.05, 4.69) is 29.6 Å². The van der Waals surface area contributed by atoms with Crippen molar-refractivity contribution in [3.05, 3.63) is 59.7 Å². The van der Waals surface area contributed by atoms with Crippen LogP contribution in [0.1, 0.15) is 56.6 Å². The summed E-state index contributed by atoms with van der Waals surface area (Å²) in [5, 5.41) is 12.3. The van der Waals surface area contributed by atoms with Crippen LogP contribution in [0.5, 0.6) is 0 Å². The van der Waals surface area contributed by atoms with Crippen molar-refractivity contribution in [2.24, 2.45) is 5.92 Å². The molecular weight excluding hydrogens is 432 g/mol. The molecule has 0 aromatic heterocycles. The SMILES string of the molecule is CC(C)[C@H](CC(=O)N1CCCC[C@@H]1C(=O)O)NC(=O)OCC1c2ccccc2-c2ccccc21. The van der Waals surface area contributed by atoms with Gasteiger partial charge in [0.15, 0.2) is 0 Å². The molecule has 0 spiro atoms. The molecule has 7 heteroatoms. The summed E-state index contributed by atoms with van der Waals surface area (Å²) in [6, 6.07) is 15.1. The maximum atomic E-state index is 12.9. The molecule has 0 bridgehead atoms. The van der Waals surface area contributed by atoms with Crippen LogP contribution in [-0.2, 0) is 14.3 Å². The minimum Gasteiger partial charge on any atom is -0.480 e. The van der Waals surface area contributed by atoms with Crippen LogP contribution in [0, 0.1) is 5.92 Å². The Hall–Kier alpha value is -3.35. The number of hydrogen-bond acceptors (Lipinski definition) is 4. The zero-order chi connectivity index (χ0) is 24.2. The Labute approximate surface area is 200 Å². The topological polar surface area (TPSA) is 95.9 Å². The maximum Gasteiger partial charge on any atom is 0.407 e. The van der Waals surface area contributed by atoms with Crippen molar-refractivity contribution in [1.82, 2.24) is 10.2 Å². The number of rotatable bonds is 7. The number of piperidine rings is 1. The monoisotopic (exact) mass is 464 g/mol. The summed E-state index contributed by atoms with van der Waals surface area (Å²) in [6.07, 6.45) is 1.54. The molecule has 180 valence electrons. The highest BCUT2D eigenvalue weighted by atomic mass is 16.5. The second-order valence-electron chi connectivity index (χ2n) is 9.46. The quantitative estimate of drug-likeness (QED) is 0.633. The van der Waals surface area contributed by atoms with Gasteiger partial charge in [-0.2, -0.15) is 0 Å². The van der Waals surface area contributed by atoms with Gasteiger partial charge in [0.2, 0.25) is 5.91 Å². The molecule has 1 aliphatic heterocycles. The van der Waals surface area contributed by atoms with Gasteiger partial charge < -0.3 is 20.1 Å². The molecule has 7 nitrogen and oxygen atoms in total. The lowest BCUT2D eigenvalue weighted by atomic mass is 9.97. The van der Waals surface area contributed by atoms with Crippen molar-refractivity contribution in [2.75, 3.05) is 13.2 Å². The van der Waals surface area contributed by atoms with Crippen molar-refractivity contribution in [3.8, 4) is 11.1 Å². The fourth-order valence-electron chi connectivity index (χ4n) is 5.04. The third-order valence-electron chi connectivity index (χ3n) is 6.95. The van der Waals surface area contributed by atoms with Gasteiger partial charge in [-0.3, -0.25) is 4.79 Å². The number of fused-ring (bicyclic) bond motifs is 3. The molecule has 1 aliphatic carbocycles. The van der Waals surface area contributed by atoms with Crippen molar-refractivity contribution in [1.29, 1.82) is 0 Å². The standard InChI is InChI=1S/C27H32N2O5/c1-17(2)23(15-25(30)29-14-8-7-13-24(29)26(31)32)28-27(33)34-16-22-20-11-5-3-9-18(20)19-10-4-6-12-21(19)22/h3-6,9-12,17,22-24H,7-8,13-16H2,1-2H3,(H,28,33)(H,31,32)/t23-,24+/m0/s1. The van der Waals surface area contributed by atoms with Crippen LogP contribution in [0.3, 0.4) is 0 Å². The lowest BCUT2D eigenvalue weighted by Gasteiger charge is -2.34. The Morgan fingerprint density at radius 1 is 1.03 bits per heavy atom. The summed E-state index contributed by atoms with van der Waals surface area (Å²) in [6.45, 7) is 4.48. The summed E-state index contributed by atoms with van der Waals surface area (Å²) in [4.78, 5) is 38.7. The summed E-state index contributed by atoms with van der Waals surface area (Å²) in [7, 11) is 0. The number of aliphatic carboxylic acids is 1. The van der Waals surface area contributed by atoms with E-state index >= 15 is 0 Å². The molecule has 1 heterocycles. The zero-order valence-electron chi connectivity index (χ0n) is 19.7. The Morgan fingerprint density at radius 3 is 2.24 bits per heavy atom. The van der Waals surface area contributed by atoms with Crippen molar-refractivity contribution in [3.63, 3.8) is 0 Å². The molecule has 2 amide bonds. The van der Waals surface area contributed by atoms with Crippen molar-refractivity contribution >= 4 is 18.0 Å². The highest BCUT2D eigenvalue weighted by Gasteiger charge is 2.34. The van der Waals surface area contributed by atoms with Gasteiger partial charge in [0.1, 0.15) is 12.6 Å². The van der Waals surface area contributed by atoms with E-state index in [0.717, 1.165) is 35.1 Å². The summed E-state index contributed by atoms with van der Waals surface area (Å²) in [5.74, 6) is -1.28. The van der Waals surface area contributed by atoms with Crippen LogP contribution in [0.25, 0.3) is 11.1 Å². The van der Waals surface area contributed by atoms with E-state index in [9.17, 15) is 19.5 Å². The van der Waals surface area contributed by atoms with Gasteiger partial charge in [0.05, 0.1) is 0 Å². The van der Waals surface area contributed by atoms with Gasteiger partial charge in [-0.05, 0) is 47.4 Å². The Bertz CT molecular complexity index is 1020. The summed E-state index contributed by atoms with van der Waals surface area (Å²) in [5.41, 5.74) is 4.59. The van der Waals surface area contributed by atoms with E-state index in [0.29, 0.717) is 13.0 Å². The molecule has 2 aliphatic rings. The number of ether oxygens (including phenoxy) is 1. The van der Waals surface area contributed by atoms with Gasteiger partial charge >= 0.3 is 12.1 Å². The second kappa shape index (κ2) is 10.3. The Kier molecular flexibility index (Phi) is 7.20. The first-order chi connectivity index (χ1) is 16.4. The molecule has 2 aromatic carbocycles. The zero-order valence-corrected chi connectivity index (χ0v) is 19.7. The Balaban J connectivity index is 1.38. The highest BCUT2D eigenvalue weighted by molar-refractivity contribution is 5.84. The van der Waals surface area contributed by atoms with Crippen LogP contribution in [0.15, 0.2) is 48.5 Å². The molecule has 4 rings (SSSR count). The average Bonchev–Trinajstić information content (AvgIpc) is 3.16. The van der Waals surface area contributed by atoms with Crippen LogP contribution < -0.4 is 5.32 Å². The number of carboxylic acid groups (broad SMARTS) is 1. The number of amides is 2. The molecule has 0 saturated carbocycles. The molecule has 1 saturated heterocycles. The summed E-state index contributed by atoms with van der Waals surface area (Å²) >= 11 is 0. The van der Waals surface area contributed by atoms with E-state index in [1.54, 1.807) is 0 Å². The number of carbonyl (C=O) groups is 3. The van der Waals surface area contributed by atoms with Gasteiger partial charge in [0, 0.05) is 24.9 Å². The normalized spacial score (nSPS) is 18.2. The van der Waals surface area contributed by atoms with E-state index < -0.39 is 24.1 Å². The van der Waals surface area contributed by atoms with Crippen molar-refractivity contribution in [2.45, 2.75) is 57.5 Å². The predicted molar refractivity (Wildman–Crippen MR) is 128 cm³/mol. The molecule has 0 radical (unpaired) electrons. The van der Waals surface area contributed by atoms with Gasteiger partial charge in [0.25, 0.3) is 0 Å². The number of carboxylic acids is 1. The minimum atomic E-state index is -0.973. The van der Waals surface area contributed by atoms with E-state index in [-0.39, 0.29) is 30.8 Å². The molecule has 1 fully saturated rings. The third-order valence-corrected chi connectivity index (χ3v) is 6.95. The maximum absolute atomic E-state index is 12.9. The number of nitrogens with one attached hydrogen (secondary N) is 1. The third kappa shape index (κ3) is 4.93. The Morgan fingerprint density at radius 2 is 1.65 bits per heavy atom. The van der Waals surface area contributed by atoms with Gasteiger partial charge in [-0.15, -0.1) is 0 Å². The largest absolute Gasteiger partial charge is 0.480 e. The van der Waals surface area contributed by atoms with Crippen molar-refractivity contribution < 1.29 is 24.2 Å². The first-order valence-electron chi connectivity index (χ1n) is 12.0. The van der Waals surface area contributed by atoms with Crippen LogP contribution in [0.4, 0.5) is 4.79 Å². The highest BCUT2D eigenvalue weighted by Crippen LogP contribution is 2.44. The smallest absolute Gasteiger partial charge is 0.407 e. The van der Waals surface area contributed by atoms with E-state index in [1.165, 1.54) is 4.90 Å². The number of nitrogens with zero attached hydrogens (tertiary/aromatic N) is 1. The fraction of sp³-hybridized carbons (Fsp3) is 0.444. The summed E-state index contributed by atoms with van der Waals surface area (Å²) < 4.78 is 5.64. The van der Waals surface area contributed by atoms with Crippen LogP contribution in [-0.4, -0.2) is 53.2 Å². The van der Waals surface area contributed by atoms with E-state index in [1.807, 2.05) is 38.1 Å². The van der Waals surface area contributed by atoms with Crippen LogP contribution >= 0.6 is 0 Å². The fourth-order valence-corrected chi connectivity index (χ4v) is 5.04. The molecule has 2 aromatic rings. The first kappa shape index (κ1) is 23.8. The number of likely N-dealkylation sites (tertiary alicyclic amines) is 1. The van der Waals surface area contributed by atoms with Gasteiger partial charge in [-0.1, -0.05) is 62.4 Å². The van der Waals surface area contributed by atoms with Crippen LogP contribution in [0.2, 0.25) is 0 Å². The lowest BCUT2D eigenvalue weighted by Crippen LogP contribution is -2.50. The molecule has 34 heavy (non-hydrogen) atoms. The molecule has 2 N–H and O–H groups in total. The average molecular weight is 465 g/mol. The number of alkyl carbamates (subject to hydrolysis) is 1. The molecular formula is C27H32N2O5. The first-order valence-corrected chi connectivity index (χ1v) is 12.0. The predicted octanol–water partition coefficient (Wildman–Crippen LogP) is 4.41. The molecule has 0 unspecified atom stereocenters.